The number of nitrogens with one attached hydrogen (secondary N) is 1. The first kappa shape index (κ1) is 15.3. The van der Waals surface area contributed by atoms with Gasteiger partial charge in [-0.1, -0.05) is 24.8 Å². The van der Waals surface area contributed by atoms with Crippen LogP contribution in [0.25, 0.3) is 0 Å². The Morgan fingerprint density at radius 2 is 2.29 bits per heavy atom. The highest BCUT2D eigenvalue weighted by Crippen LogP contribution is 2.28. The Bertz CT molecular complexity index is 629. The van der Waals surface area contributed by atoms with E-state index >= 15 is 0 Å². The average Bonchev–Trinajstić information content (AvgIpc) is 2.88. The fourth-order valence-corrected chi connectivity index (χ4v) is 2.61. The number of nitro benzene ring substituents is 1. The van der Waals surface area contributed by atoms with Crippen LogP contribution in [0.3, 0.4) is 0 Å². The van der Waals surface area contributed by atoms with E-state index < -0.39 is 0 Å². The fourth-order valence-electron chi connectivity index (χ4n) is 1.78. The number of aromatic nitrogens is 3. The Balaban J connectivity index is 2.12. The molecule has 8 heteroatoms. The number of nitro groups is 1. The van der Waals surface area contributed by atoms with E-state index in [1.54, 1.807) is 18.5 Å². The first-order valence-corrected chi connectivity index (χ1v) is 7.58. The van der Waals surface area contributed by atoms with Crippen molar-refractivity contribution in [1.82, 2.24) is 14.8 Å². The van der Waals surface area contributed by atoms with Gasteiger partial charge in [-0.15, -0.1) is 10.2 Å². The second-order valence-corrected chi connectivity index (χ2v) is 5.49. The van der Waals surface area contributed by atoms with E-state index in [1.165, 1.54) is 11.8 Å². The predicted molar refractivity (Wildman–Crippen MR) is 82.4 cm³/mol. The van der Waals surface area contributed by atoms with Crippen molar-refractivity contribution >= 4 is 23.1 Å². The van der Waals surface area contributed by atoms with Crippen LogP contribution in [0.5, 0.6) is 0 Å². The maximum Gasteiger partial charge on any atom is 0.292 e. The van der Waals surface area contributed by atoms with Gasteiger partial charge in [0.25, 0.3) is 5.69 Å². The summed E-state index contributed by atoms with van der Waals surface area (Å²) >= 11 is 1.50. The van der Waals surface area contributed by atoms with Crippen molar-refractivity contribution in [2.75, 3.05) is 11.9 Å². The molecule has 1 N–H and O–H groups in total. The minimum atomic E-state index is -0.353. The summed E-state index contributed by atoms with van der Waals surface area (Å²) in [4.78, 5) is 10.8. The smallest absolute Gasteiger partial charge is 0.292 e. The lowest BCUT2D eigenvalue weighted by Gasteiger charge is -2.07. The molecule has 0 spiro atoms. The second kappa shape index (κ2) is 7.07. The quantitative estimate of drug-likeness (QED) is 0.481. The van der Waals surface area contributed by atoms with Gasteiger partial charge in [0.2, 0.25) is 0 Å². The van der Waals surface area contributed by atoms with Gasteiger partial charge in [0.05, 0.1) is 4.92 Å². The number of rotatable bonds is 7. The van der Waals surface area contributed by atoms with E-state index in [2.05, 4.69) is 15.5 Å². The van der Waals surface area contributed by atoms with Crippen molar-refractivity contribution in [2.45, 2.75) is 24.3 Å². The third-order valence-corrected chi connectivity index (χ3v) is 3.97. The molecule has 0 atom stereocenters. The van der Waals surface area contributed by atoms with Gasteiger partial charge < -0.3 is 9.88 Å². The van der Waals surface area contributed by atoms with Gasteiger partial charge in [0, 0.05) is 25.4 Å². The van der Waals surface area contributed by atoms with Crippen LogP contribution in [0.15, 0.2) is 29.7 Å². The van der Waals surface area contributed by atoms with E-state index in [0.717, 1.165) is 17.1 Å². The summed E-state index contributed by atoms with van der Waals surface area (Å²) in [5.41, 5.74) is 1.56. The molecular formula is C13H17N5O2S. The summed E-state index contributed by atoms with van der Waals surface area (Å²) in [6.07, 6.45) is 2.55. The molecule has 1 aromatic heterocycles. The minimum Gasteiger partial charge on any atom is -0.380 e. The zero-order valence-corrected chi connectivity index (χ0v) is 12.8. The molecule has 0 aliphatic carbocycles. The first-order chi connectivity index (χ1) is 10.1. The molecule has 1 aromatic carbocycles. The van der Waals surface area contributed by atoms with Gasteiger partial charge in [-0.2, -0.15) is 0 Å². The molecular weight excluding hydrogens is 290 g/mol. The zero-order valence-electron chi connectivity index (χ0n) is 11.9. The van der Waals surface area contributed by atoms with Crippen LogP contribution in [-0.4, -0.2) is 26.2 Å². The van der Waals surface area contributed by atoms with Gasteiger partial charge in [-0.3, -0.25) is 10.1 Å². The van der Waals surface area contributed by atoms with E-state index in [0.29, 0.717) is 18.0 Å². The Labute approximate surface area is 126 Å². The molecule has 2 aromatic rings. The number of anilines is 1. The largest absolute Gasteiger partial charge is 0.380 e. The normalized spacial score (nSPS) is 10.6. The summed E-state index contributed by atoms with van der Waals surface area (Å²) in [5, 5.41) is 22.8. The van der Waals surface area contributed by atoms with Crippen molar-refractivity contribution in [1.29, 1.82) is 0 Å². The monoisotopic (exact) mass is 307 g/mol. The molecule has 112 valence electrons. The maximum absolute atomic E-state index is 11.2. The Morgan fingerprint density at radius 3 is 2.90 bits per heavy atom. The first-order valence-electron chi connectivity index (χ1n) is 6.59. The molecule has 0 radical (unpaired) electrons. The van der Waals surface area contributed by atoms with E-state index in [1.807, 2.05) is 24.6 Å². The summed E-state index contributed by atoms with van der Waals surface area (Å²) in [6.45, 7) is 2.73. The van der Waals surface area contributed by atoms with Crippen LogP contribution >= 0.6 is 11.8 Å². The zero-order chi connectivity index (χ0) is 15.2. The lowest BCUT2D eigenvalue weighted by Crippen LogP contribution is -2.03. The molecule has 0 saturated carbocycles. The minimum absolute atomic E-state index is 0.111. The lowest BCUT2D eigenvalue weighted by atomic mass is 10.2. The van der Waals surface area contributed by atoms with Gasteiger partial charge in [0.1, 0.15) is 12.0 Å². The molecule has 0 bridgehead atoms. The summed E-state index contributed by atoms with van der Waals surface area (Å²) < 4.78 is 1.82. The number of thioether (sulfide) groups is 1. The van der Waals surface area contributed by atoms with Crippen LogP contribution < -0.4 is 5.32 Å². The average molecular weight is 307 g/mol. The molecule has 0 fully saturated rings. The predicted octanol–water partition coefficient (Wildman–Crippen LogP) is 2.84. The Kier molecular flexibility index (Phi) is 5.15. The summed E-state index contributed by atoms with van der Waals surface area (Å²) in [6, 6.07) is 5.27. The van der Waals surface area contributed by atoms with Crippen molar-refractivity contribution < 1.29 is 4.92 Å². The van der Waals surface area contributed by atoms with Crippen molar-refractivity contribution in [3.63, 3.8) is 0 Å². The third kappa shape index (κ3) is 3.94. The van der Waals surface area contributed by atoms with Crippen molar-refractivity contribution in [3.8, 4) is 0 Å². The number of hydrogen-bond donors (Lipinski definition) is 1. The highest BCUT2D eigenvalue weighted by atomic mass is 32.2. The van der Waals surface area contributed by atoms with Gasteiger partial charge in [-0.25, -0.2) is 0 Å². The SMILES string of the molecule is CCCNc1ccc(CSc2nncn2C)cc1[N+](=O)[O-]. The van der Waals surface area contributed by atoms with Crippen molar-refractivity contribution in [3.05, 3.63) is 40.2 Å². The van der Waals surface area contributed by atoms with Gasteiger partial charge in [0.15, 0.2) is 5.16 Å². The van der Waals surface area contributed by atoms with E-state index in [-0.39, 0.29) is 10.6 Å². The fraction of sp³-hybridized carbons (Fsp3) is 0.385. The molecule has 1 heterocycles. The highest BCUT2D eigenvalue weighted by molar-refractivity contribution is 7.98. The van der Waals surface area contributed by atoms with Gasteiger partial charge >= 0.3 is 0 Å². The number of aryl methyl sites for hydroxylation is 1. The maximum atomic E-state index is 11.2. The van der Waals surface area contributed by atoms with Crippen LogP contribution in [-0.2, 0) is 12.8 Å². The standard InChI is InChI=1S/C13H17N5O2S/c1-3-6-14-11-5-4-10(7-12(11)18(19)20)8-21-13-16-15-9-17(13)2/h4-5,7,9,14H,3,6,8H2,1-2H3. The Morgan fingerprint density at radius 1 is 1.48 bits per heavy atom. The lowest BCUT2D eigenvalue weighted by molar-refractivity contribution is -0.384. The second-order valence-electron chi connectivity index (χ2n) is 4.55. The highest BCUT2D eigenvalue weighted by Gasteiger charge is 2.14. The molecule has 7 nitrogen and oxygen atoms in total. The van der Waals surface area contributed by atoms with Crippen LogP contribution in [0.4, 0.5) is 11.4 Å². The van der Waals surface area contributed by atoms with Crippen molar-refractivity contribution in [2.24, 2.45) is 7.05 Å². The summed E-state index contributed by atoms with van der Waals surface area (Å²) in [5.74, 6) is 0.613. The topological polar surface area (TPSA) is 85.9 Å². The molecule has 21 heavy (non-hydrogen) atoms. The Hall–Kier alpha value is -2.09. The molecule has 0 unspecified atom stereocenters. The molecule has 0 aliphatic rings. The number of benzene rings is 1. The summed E-state index contributed by atoms with van der Waals surface area (Å²) in [7, 11) is 1.86. The van der Waals surface area contributed by atoms with Crippen LogP contribution in [0.1, 0.15) is 18.9 Å². The molecule has 0 amide bonds. The molecule has 0 aliphatic heterocycles. The van der Waals surface area contributed by atoms with E-state index in [9.17, 15) is 10.1 Å². The van der Waals surface area contributed by atoms with Crippen LogP contribution in [0, 0.1) is 10.1 Å². The van der Waals surface area contributed by atoms with Gasteiger partial charge in [-0.05, 0) is 18.1 Å². The number of hydrogen-bond acceptors (Lipinski definition) is 6. The van der Waals surface area contributed by atoms with E-state index in [4.69, 9.17) is 0 Å². The number of nitrogens with zero attached hydrogens (tertiary/aromatic N) is 4. The molecule has 2 rings (SSSR count). The van der Waals surface area contributed by atoms with Crippen LogP contribution in [0.2, 0.25) is 0 Å². The molecule has 0 saturated heterocycles. The third-order valence-electron chi connectivity index (χ3n) is 2.86.